The number of methoxy groups -OCH3 is 1. The van der Waals surface area contributed by atoms with Gasteiger partial charge in [-0.3, -0.25) is 14.3 Å². The van der Waals surface area contributed by atoms with Crippen molar-refractivity contribution < 1.29 is 14.3 Å². The standard InChI is InChI=1S/C17H26N4O3/c1-19-9-4-14(18-19)15(22)20-10-6-17(7-11-20)5-3-8-21(16(17)23)12-13-24-2/h4,9H,3,5-8,10-13H2,1-2H3. The van der Waals surface area contributed by atoms with Crippen LogP contribution in [0.15, 0.2) is 12.3 Å². The van der Waals surface area contributed by atoms with Gasteiger partial charge in [-0.1, -0.05) is 0 Å². The van der Waals surface area contributed by atoms with Crippen LogP contribution in [0, 0.1) is 5.41 Å². The van der Waals surface area contributed by atoms with Crippen LogP contribution in [0.3, 0.4) is 0 Å². The van der Waals surface area contributed by atoms with Gasteiger partial charge in [0, 0.05) is 46.5 Å². The number of aromatic nitrogens is 2. The minimum atomic E-state index is -0.285. The van der Waals surface area contributed by atoms with Crippen LogP contribution in [-0.4, -0.2) is 71.3 Å². The van der Waals surface area contributed by atoms with Gasteiger partial charge in [0.1, 0.15) is 5.69 Å². The van der Waals surface area contributed by atoms with Crippen molar-refractivity contribution in [1.29, 1.82) is 0 Å². The first-order chi connectivity index (χ1) is 11.6. The van der Waals surface area contributed by atoms with Crippen molar-refractivity contribution in [2.24, 2.45) is 12.5 Å². The molecule has 0 aromatic carbocycles. The van der Waals surface area contributed by atoms with Crippen LogP contribution >= 0.6 is 0 Å². The molecule has 0 aliphatic carbocycles. The number of carbonyl (C=O) groups is 2. The van der Waals surface area contributed by atoms with Crippen LogP contribution in [0.5, 0.6) is 0 Å². The highest BCUT2D eigenvalue weighted by Gasteiger charge is 2.46. The molecule has 7 heteroatoms. The van der Waals surface area contributed by atoms with E-state index in [0.717, 1.165) is 32.2 Å². The maximum atomic E-state index is 12.9. The summed E-state index contributed by atoms with van der Waals surface area (Å²) in [6.07, 6.45) is 5.23. The Morgan fingerprint density at radius 2 is 2.04 bits per heavy atom. The third-order valence-corrected chi connectivity index (χ3v) is 5.33. The lowest BCUT2D eigenvalue weighted by molar-refractivity contribution is -0.150. The second-order valence-electron chi connectivity index (χ2n) is 6.84. The van der Waals surface area contributed by atoms with E-state index in [1.54, 1.807) is 31.1 Å². The minimum absolute atomic E-state index is 0.0371. The van der Waals surface area contributed by atoms with Crippen LogP contribution in [0.2, 0.25) is 0 Å². The summed E-state index contributed by atoms with van der Waals surface area (Å²) in [5.74, 6) is 0.209. The third kappa shape index (κ3) is 3.17. The van der Waals surface area contributed by atoms with Crippen molar-refractivity contribution in [2.45, 2.75) is 25.7 Å². The van der Waals surface area contributed by atoms with E-state index in [0.29, 0.717) is 31.9 Å². The first-order valence-corrected chi connectivity index (χ1v) is 8.63. The van der Waals surface area contributed by atoms with Crippen LogP contribution in [0.4, 0.5) is 0 Å². The number of hydrogen-bond acceptors (Lipinski definition) is 4. The molecular weight excluding hydrogens is 308 g/mol. The average molecular weight is 334 g/mol. The quantitative estimate of drug-likeness (QED) is 0.821. The van der Waals surface area contributed by atoms with Crippen LogP contribution in [0.25, 0.3) is 0 Å². The monoisotopic (exact) mass is 334 g/mol. The van der Waals surface area contributed by atoms with Crippen molar-refractivity contribution in [1.82, 2.24) is 19.6 Å². The van der Waals surface area contributed by atoms with Crippen molar-refractivity contribution in [2.75, 3.05) is 39.9 Å². The van der Waals surface area contributed by atoms with E-state index >= 15 is 0 Å². The van der Waals surface area contributed by atoms with Crippen LogP contribution in [0.1, 0.15) is 36.2 Å². The number of carbonyl (C=O) groups excluding carboxylic acids is 2. The summed E-state index contributed by atoms with van der Waals surface area (Å²) in [7, 11) is 3.46. The third-order valence-electron chi connectivity index (χ3n) is 5.33. The van der Waals surface area contributed by atoms with Gasteiger partial charge in [-0.2, -0.15) is 5.10 Å². The Morgan fingerprint density at radius 3 is 2.67 bits per heavy atom. The molecule has 1 aromatic rings. The zero-order valence-electron chi connectivity index (χ0n) is 14.5. The van der Waals surface area contributed by atoms with E-state index in [1.165, 1.54) is 0 Å². The molecule has 2 fully saturated rings. The van der Waals surface area contributed by atoms with Gasteiger partial charge in [-0.15, -0.1) is 0 Å². The zero-order chi connectivity index (χ0) is 17.2. The summed E-state index contributed by atoms with van der Waals surface area (Å²) in [6.45, 7) is 3.30. The van der Waals surface area contributed by atoms with Gasteiger partial charge >= 0.3 is 0 Å². The van der Waals surface area contributed by atoms with Gasteiger partial charge in [0.25, 0.3) is 5.91 Å². The molecule has 0 saturated carbocycles. The van der Waals surface area contributed by atoms with Gasteiger partial charge in [0.2, 0.25) is 5.91 Å². The first-order valence-electron chi connectivity index (χ1n) is 8.63. The summed E-state index contributed by atoms with van der Waals surface area (Å²) in [5, 5.41) is 4.19. The molecule has 3 rings (SSSR count). The van der Waals surface area contributed by atoms with Crippen LogP contribution < -0.4 is 0 Å². The Bertz CT molecular complexity index is 605. The van der Waals surface area contributed by atoms with Gasteiger partial charge in [-0.05, 0) is 31.7 Å². The Hall–Kier alpha value is -1.89. The molecule has 0 N–H and O–H groups in total. The summed E-state index contributed by atoms with van der Waals surface area (Å²) >= 11 is 0. The fourth-order valence-corrected chi connectivity index (χ4v) is 3.86. The highest BCUT2D eigenvalue weighted by Crippen LogP contribution is 2.41. The number of likely N-dealkylation sites (tertiary alicyclic amines) is 2. The largest absolute Gasteiger partial charge is 0.383 e. The topological polar surface area (TPSA) is 67.7 Å². The number of aryl methyl sites for hydroxylation is 1. The Morgan fingerprint density at radius 1 is 1.29 bits per heavy atom. The van der Waals surface area contributed by atoms with Gasteiger partial charge in [-0.25, -0.2) is 0 Å². The predicted octanol–water partition coefficient (Wildman–Crippen LogP) is 0.911. The number of rotatable bonds is 4. The summed E-state index contributed by atoms with van der Waals surface area (Å²) in [4.78, 5) is 29.2. The van der Waals surface area contributed by atoms with Gasteiger partial charge in [0.15, 0.2) is 0 Å². The number of amides is 2. The molecule has 7 nitrogen and oxygen atoms in total. The second kappa shape index (κ2) is 6.93. The fourth-order valence-electron chi connectivity index (χ4n) is 3.86. The second-order valence-corrected chi connectivity index (χ2v) is 6.84. The molecule has 24 heavy (non-hydrogen) atoms. The van der Waals surface area contributed by atoms with Crippen molar-refractivity contribution in [3.05, 3.63) is 18.0 Å². The molecule has 3 heterocycles. The molecule has 1 spiro atoms. The maximum absolute atomic E-state index is 12.9. The lowest BCUT2D eigenvalue weighted by Crippen LogP contribution is -2.54. The Balaban J connectivity index is 1.63. The van der Waals surface area contributed by atoms with Crippen LogP contribution in [-0.2, 0) is 16.6 Å². The predicted molar refractivity (Wildman–Crippen MR) is 88.5 cm³/mol. The highest BCUT2D eigenvalue weighted by molar-refractivity contribution is 5.92. The Labute approximate surface area is 142 Å². The lowest BCUT2D eigenvalue weighted by Gasteiger charge is -2.46. The molecule has 0 radical (unpaired) electrons. The van der Waals surface area contributed by atoms with Crippen molar-refractivity contribution in [3.8, 4) is 0 Å². The van der Waals surface area contributed by atoms with Crippen molar-refractivity contribution >= 4 is 11.8 Å². The highest BCUT2D eigenvalue weighted by atomic mass is 16.5. The average Bonchev–Trinajstić information content (AvgIpc) is 3.03. The lowest BCUT2D eigenvalue weighted by atomic mass is 9.71. The van der Waals surface area contributed by atoms with Crippen molar-refractivity contribution in [3.63, 3.8) is 0 Å². The van der Waals surface area contributed by atoms with E-state index in [2.05, 4.69) is 5.10 Å². The molecule has 2 aliphatic heterocycles. The van der Waals surface area contributed by atoms with E-state index in [1.807, 2.05) is 9.80 Å². The molecule has 132 valence electrons. The van der Waals surface area contributed by atoms with E-state index < -0.39 is 0 Å². The first kappa shape index (κ1) is 17.0. The van der Waals surface area contributed by atoms with E-state index in [9.17, 15) is 9.59 Å². The van der Waals surface area contributed by atoms with E-state index in [4.69, 9.17) is 4.74 Å². The Kier molecular flexibility index (Phi) is 4.89. The smallest absolute Gasteiger partial charge is 0.274 e. The molecule has 2 aliphatic rings. The maximum Gasteiger partial charge on any atom is 0.274 e. The summed E-state index contributed by atoms with van der Waals surface area (Å²) in [6, 6.07) is 1.74. The number of nitrogens with zero attached hydrogens (tertiary/aromatic N) is 4. The molecule has 2 saturated heterocycles. The summed E-state index contributed by atoms with van der Waals surface area (Å²) in [5.41, 5.74) is 0.192. The molecule has 1 aromatic heterocycles. The SMILES string of the molecule is COCCN1CCCC2(CCN(C(=O)c3ccn(C)n3)CC2)C1=O. The molecule has 0 bridgehead atoms. The van der Waals surface area contributed by atoms with E-state index in [-0.39, 0.29) is 17.2 Å². The number of piperidine rings is 2. The summed E-state index contributed by atoms with van der Waals surface area (Å²) < 4.78 is 6.75. The van der Waals surface area contributed by atoms with Gasteiger partial charge < -0.3 is 14.5 Å². The molecule has 2 amide bonds. The fraction of sp³-hybridized carbons (Fsp3) is 0.706. The normalized spacial score (nSPS) is 20.7. The number of hydrogen-bond donors (Lipinski definition) is 0. The van der Waals surface area contributed by atoms with Gasteiger partial charge in [0.05, 0.1) is 12.0 Å². The zero-order valence-corrected chi connectivity index (χ0v) is 14.5. The number of ether oxygens (including phenoxy) is 1. The molecular formula is C17H26N4O3. The molecule has 0 unspecified atom stereocenters. The molecule has 0 atom stereocenters. The minimum Gasteiger partial charge on any atom is -0.383 e.